The molecule has 0 spiro atoms. The predicted molar refractivity (Wildman–Crippen MR) is 80.3 cm³/mol. The highest BCUT2D eigenvalue weighted by atomic mass is 16.5. The van der Waals surface area contributed by atoms with Crippen LogP contribution in [0.3, 0.4) is 0 Å². The smallest absolute Gasteiger partial charge is 0.138 e. The summed E-state index contributed by atoms with van der Waals surface area (Å²) < 4.78 is 5.68. The Labute approximate surface area is 120 Å². The molecule has 0 aliphatic heterocycles. The lowest BCUT2D eigenvalue weighted by atomic mass is 9.96. The number of nitrogens with two attached hydrogens (primary N) is 1. The van der Waals surface area contributed by atoms with Crippen LogP contribution < -0.4 is 16.0 Å². The Hall–Kier alpha value is -1.91. The molecule has 0 aliphatic rings. The molecule has 0 saturated carbocycles. The van der Waals surface area contributed by atoms with Gasteiger partial charge in [0.15, 0.2) is 0 Å². The second-order valence-corrected chi connectivity index (χ2v) is 5.08. The summed E-state index contributed by atoms with van der Waals surface area (Å²) in [4.78, 5) is 4.24. The van der Waals surface area contributed by atoms with Gasteiger partial charge in [-0.05, 0) is 43.5 Å². The van der Waals surface area contributed by atoms with E-state index in [1.165, 1.54) is 5.56 Å². The molecule has 1 heterocycles. The maximum absolute atomic E-state index is 5.74. The first-order chi connectivity index (χ1) is 9.61. The molecule has 0 bridgehead atoms. The minimum atomic E-state index is -0.0978. The molecule has 1 atom stereocenters. The van der Waals surface area contributed by atoms with Crippen molar-refractivity contribution in [2.24, 2.45) is 5.84 Å². The second kappa shape index (κ2) is 6.50. The van der Waals surface area contributed by atoms with Crippen molar-refractivity contribution in [1.82, 2.24) is 10.4 Å². The number of benzene rings is 1. The Bertz CT molecular complexity index is 569. The van der Waals surface area contributed by atoms with E-state index in [0.29, 0.717) is 0 Å². The van der Waals surface area contributed by atoms with Gasteiger partial charge in [-0.1, -0.05) is 24.3 Å². The lowest BCUT2D eigenvalue weighted by Crippen LogP contribution is -2.29. The van der Waals surface area contributed by atoms with E-state index in [2.05, 4.69) is 29.5 Å². The molecule has 106 valence electrons. The molecule has 2 rings (SSSR count). The van der Waals surface area contributed by atoms with Crippen molar-refractivity contribution in [2.75, 3.05) is 0 Å². The zero-order valence-corrected chi connectivity index (χ0v) is 12.1. The van der Waals surface area contributed by atoms with E-state index in [1.54, 1.807) is 6.20 Å². The van der Waals surface area contributed by atoms with Gasteiger partial charge in [-0.2, -0.15) is 0 Å². The molecule has 20 heavy (non-hydrogen) atoms. The van der Waals surface area contributed by atoms with Crippen LogP contribution in [0.25, 0.3) is 0 Å². The van der Waals surface area contributed by atoms with Gasteiger partial charge in [0.05, 0.1) is 18.3 Å². The van der Waals surface area contributed by atoms with Gasteiger partial charge in [0.25, 0.3) is 0 Å². The summed E-state index contributed by atoms with van der Waals surface area (Å²) in [5, 5.41) is 0. The van der Waals surface area contributed by atoms with E-state index >= 15 is 0 Å². The first-order valence-corrected chi connectivity index (χ1v) is 6.75. The standard InChI is InChI=1S/C16H21N3O/c1-11(2)20-14-8-13(9-18-10-14)16(19-17)15-7-5-4-6-12(15)3/h4-11,16,19H,17H2,1-3H3. The SMILES string of the molecule is Cc1ccccc1C(NN)c1cncc(OC(C)C)c1. The molecule has 3 N–H and O–H groups in total. The van der Waals surface area contributed by atoms with Gasteiger partial charge < -0.3 is 4.74 Å². The van der Waals surface area contributed by atoms with Crippen LogP contribution in [0.1, 0.15) is 36.6 Å². The van der Waals surface area contributed by atoms with E-state index in [0.717, 1.165) is 16.9 Å². The van der Waals surface area contributed by atoms with Crippen molar-refractivity contribution >= 4 is 0 Å². The predicted octanol–water partition coefficient (Wildman–Crippen LogP) is 2.73. The highest BCUT2D eigenvalue weighted by Gasteiger charge is 2.15. The Morgan fingerprint density at radius 2 is 1.95 bits per heavy atom. The number of aromatic nitrogens is 1. The molecule has 1 aromatic carbocycles. The molecule has 2 aromatic rings. The van der Waals surface area contributed by atoms with E-state index in [-0.39, 0.29) is 12.1 Å². The van der Waals surface area contributed by atoms with E-state index in [9.17, 15) is 0 Å². The number of hydrazine groups is 1. The lowest BCUT2D eigenvalue weighted by molar-refractivity contribution is 0.241. The van der Waals surface area contributed by atoms with Crippen molar-refractivity contribution in [3.05, 3.63) is 59.4 Å². The number of aryl methyl sites for hydroxylation is 1. The van der Waals surface area contributed by atoms with Gasteiger partial charge in [-0.25, -0.2) is 5.43 Å². The molecular weight excluding hydrogens is 250 g/mol. The number of ether oxygens (including phenoxy) is 1. The van der Waals surface area contributed by atoms with E-state index < -0.39 is 0 Å². The molecule has 0 saturated heterocycles. The summed E-state index contributed by atoms with van der Waals surface area (Å²) >= 11 is 0. The van der Waals surface area contributed by atoms with Gasteiger partial charge in [0.2, 0.25) is 0 Å². The normalized spacial score (nSPS) is 12.4. The van der Waals surface area contributed by atoms with Gasteiger partial charge >= 0.3 is 0 Å². The first-order valence-electron chi connectivity index (χ1n) is 6.75. The van der Waals surface area contributed by atoms with Gasteiger partial charge in [0, 0.05) is 6.20 Å². The fraction of sp³-hybridized carbons (Fsp3) is 0.312. The Morgan fingerprint density at radius 1 is 1.20 bits per heavy atom. The third-order valence-electron chi connectivity index (χ3n) is 3.11. The summed E-state index contributed by atoms with van der Waals surface area (Å²) in [7, 11) is 0. The number of rotatable bonds is 5. The van der Waals surface area contributed by atoms with Crippen LogP contribution in [0, 0.1) is 6.92 Å². The topological polar surface area (TPSA) is 60.2 Å². The van der Waals surface area contributed by atoms with Crippen LogP contribution in [-0.2, 0) is 0 Å². The van der Waals surface area contributed by atoms with Crippen LogP contribution in [0.15, 0.2) is 42.7 Å². The summed E-state index contributed by atoms with van der Waals surface area (Å²) in [6, 6.07) is 10.0. The minimum Gasteiger partial charge on any atom is -0.489 e. The van der Waals surface area contributed by atoms with Gasteiger partial charge in [-0.15, -0.1) is 0 Å². The summed E-state index contributed by atoms with van der Waals surface area (Å²) in [6.45, 7) is 6.06. The van der Waals surface area contributed by atoms with Crippen LogP contribution in [0.2, 0.25) is 0 Å². The first kappa shape index (κ1) is 14.5. The lowest BCUT2D eigenvalue weighted by Gasteiger charge is -2.19. The fourth-order valence-electron chi connectivity index (χ4n) is 2.21. The molecule has 1 unspecified atom stereocenters. The average molecular weight is 271 g/mol. The summed E-state index contributed by atoms with van der Waals surface area (Å²) in [5.41, 5.74) is 6.17. The number of hydrogen-bond acceptors (Lipinski definition) is 4. The van der Waals surface area contributed by atoms with Crippen molar-refractivity contribution < 1.29 is 4.74 Å². The maximum Gasteiger partial charge on any atom is 0.138 e. The summed E-state index contributed by atoms with van der Waals surface area (Å²) in [6.07, 6.45) is 3.65. The molecule has 4 nitrogen and oxygen atoms in total. The summed E-state index contributed by atoms with van der Waals surface area (Å²) in [5.74, 6) is 6.49. The molecule has 0 aliphatic carbocycles. The van der Waals surface area contributed by atoms with Gasteiger partial charge in [-0.3, -0.25) is 10.8 Å². The monoisotopic (exact) mass is 271 g/mol. The number of pyridine rings is 1. The molecule has 4 heteroatoms. The zero-order valence-electron chi connectivity index (χ0n) is 12.1. The number of hydrogen-bond donors (Lipinski definition) is 2. The van der Waals surface area contributed by atoms with Crippen LogP contribution >= 0.6 is 0 Å². The van der Waals surface area contributed by atoms with Crippen molar-refractivity contribution in [3.8, 4) is 5.75 Å². The minimum absolute atomic E-state index is 0.0978. The fourth-order valence-corrected chi connectivity index (χ4v) is 2.21. The van der Waals surface area contributed by atoms with Crippen LogP contribution in [0.5, 0.6) is 5.75 Å². The zero-order chi connectivity index (χ0) is 14.5. The Balaban J connectivity index is 2.35. The maximum atomic E-state index is 5.74. The molecule has 1 aromatic heterocycles. The van der Waals surface area contributed by atoms with Crippen LogP contribution in [-0.4, -0.2) is 11.1 Å². The quantitative estimate of drug-likeness (QED) is 0.648. The van der Waals surface area contributed by atoms with Crippen molar-refractivity contribution in [2.45, 2.75) is 32.9 Å². The van der Waals surface area contributed by atoms with Gasteiger partial charge in [0.1, 0.15) is 5.75 Å². The highest BCUT2D eigenvalue weighted by molar-refractivity contribution is 5.37. The Morgan fingerprint density at radius 3 is 2.60 bits per heavy atom. The highest BCUT2D eigenvalue weighted by Crippen LogP contribution is 2.26. The van der Waals surface area contributed by atoms with E-state index in [4.69, 9.17) is 10.6 Å². The number of nitrogens with zero attached hydrogens (tertiary/aromatic N) is 1. The van der Waals surface area contributed by atoms with E-state index in [1.807, 2.05) is 38.2 Å². The third-order valence-corrected chi connectivity index (χ3v) is 3.11. The molecular formula is C16H21N3O. The molecule has 0 radical (unpaired) electrons. The van der Waals surface area contributed by atoms with Crippen LogP contribution in [0.4, 0.5) is 0 Å². The second-order valence-electron chi connectivity index (χ2n) is 5.08. The Kier molecular flexibility index (Phi) is 4.71. The average Bonchev–Trinajstić information content (AvgIpc) is 2.41. The van der Waals surface area contributed by atoms with Crippen molar-refractivity contribution in [1.29, 1.82) is 0 Å². The largest absolute Gasteiger partial charge is 0.489 e. The molecule has 0 amide bonds. The third kappa shape index (κ3) is 3.35. The number of nitrogens with one attached hydrogen (secondary N) is 1. The van der Waals surface area contributed by atoms with Crippen molar-refractivity contribution in [3.63, 3.8) is 0 Å². The molecule has 0 fully saturated rings.